The van der Waals surface area contributed by atoms with Crippen LogP contribution in [0.4, 0.5) is 5.69 Å². The van der Waals surface area contributed by atoms with Crippen molar-refractivity contribution in [3.63, 3.8) is 0 Å². The third-order valence-electron chi connectivity index (χ3n) is 3.89. The number of halogens is 1. The summed E-state index contributed by atoms with van der Waals surface area (Å²) in [5.74, 6) is 1.48. The lowest BCUT2D eigenvalue weighted by atomic mass is 9.85. The molecule has 0 saturated heterocycles. The monoisotopic (exact) mass is 295 g/mol. The molecular formula is C15H22BrN. The molecule has 0 radical (unpaired) electrons. The quantitative estimate of drug-likeness (QED) is 0.739. The highest BCUT2D eigenvalue weighted by atomic mass is 79.9. The Bertz CT molecular complexity index is 375. The van der Waals surface area contributed by atoms with E-state index in [-0.39, 0.29) is 0 Å². The van der Waals surface area contributed by atoms with Crippen LogP contribution in [0.5, 0.6) is 0 Å². The van der Waals surface area contributed by atoms with E-state index in [2.05, 4.69) is 53.3 Å². The van der Waals surface area contributed by atoms with Gasteiger partial charge >= 0.3 is 0 Å². The molecule has 1 aliphatic rings. The van der Waals surface area contributed by atoms with Gasteiger partial charge in [0, 0.05) is 16.9 Å². The molecule has 0 aliphatic carbocycles. The highest BCUT2D eigenvalue weighted by Gasteiger charge is 2.27. The number of para-hydroxylation sites is 1. The molecule has 0 bridgehead atoms. The van der Waals surface area contributed by atoms with E-state index >= 15 is 0 Å². The summed E-state index contributed by atoms with van der Waals surface area (Å²) in [7, 11) is 0. The molecule has 1 N–H and O–H groups in total. The second-order valence-corrected chi connectivity index (χ2v) is 6.02. The van der Waals surface area contributed by atoms with E-state index in [9.17, 15) is 0 Å². The van der Waals surface area contributed by atoms with Gasteiger partial charge in [0.15, 0.2) is 0 Å². The normalized spacial score (nSPS) is 19.8. The van der Waals surface area contributed by atoms with E-state index in [0.29, 0.717) is 5.92 Å². The summed E-state index contributed by atoms with van der Waals surface area (Å²) in [6, 6.07) is 6.55. The van der Waals surface area contributed by atoms with Gasteiger partial charge < -0.3 is 5.32 Å². The summed E-state index contributed by atoms with van der Waals surface area (Å²) in [5, 5.41) is 3.54. The Balaban J connectivity index is 2.03. The van der Waals surface area contributed by atoms with Gasteiger partial charge in [-0.2, -0.15) is 0 Å². The summed E-state index contributed by atoms with van der Waals surface area (Å²) in [6.07, 6.45) is 5.41. The second kappa shape index (κ2) is 5.90. The van der Waals surface area contributed by atoms with Gasteiger partial charge in [0.1, 0.15) is 0 Å². The molecule has 94 valence electrons. The molecule has 0 amide bonds. The van der Waals surface area contributed by atoms with Crippen LogP contribution in [0.1, 0.15) is 51.0 Å². The highest BCUT2D eigenvalue weighted by Crippen LogP contribution is 2.41. The minimum atomic E-state index is 0.694. The van der Waals surface area contributed by atoms with Crippen LogP contribution in [0.3, 0.4) is 0 Å². The van der Waals surface area contributed by atoms with Gasteiger partial charge in [-0.15, -0.1) is 0 Å². The molecule has 1 aromatic rings. The van der Waals surface area contributed by atoms with Gasteiger partial charge in [-0.05, 0) is 33.5 Å². The molecule has 0 aromatic heterocycles. The predicted octanol–water partition coefficient (Wildman–Crippen LogP) is 5.17. The minimum absolute atomic E-state index is 0.694. The van der Waals surface area contributed by atoms with Crippen LogP contribution in [0.25, 0.3) is 0 Å². The van der Waals surface area contributed by atoms with E-state index in [1.165, 1.54) is 41.4 Å². The fourth-order valence-corrected chi connectivity index (χ4v) is 3.31. The smallest absolute Gasteiger partial charge is 0.0521 e. The molecule has 1 heterocycles. The molecule has 0 saturated carbocycles. The van der Waals surface area contributed by atoms with Crippen molar-refractivity contribution in [3.05, 3.63) is 28.2 Å². The number of anilines is 1. The topological polar surface area (TPSA) is 12.0 Å². The van der Waals surface area contributed by atoms with Crippen LogP contribution in [0, 0.1) is 5.92 Å². The van der Waals surface area contributed by atoms with Crippen LogP contribution in [-0.2, 0) is 0 Å². The summed E-state index contributed by atoms with van der Waals surface area (Å²) in [6.45, 7) is 5.78. The van der Waals surface area contributed by atoms with Gasteiger partial charge in [-0.1, -0.05) is 51.7 Å². The van der Waals surface area contributed by atoms with Gasteiger partial charge in [-0.25, -0.2) is 0 Å². The molecular weight excluding hydrogens is 274 g/mol. The number of hydrogen-bond donors (Lipinski definition) is 1. The maximum atomic E-state index is 3.63. The first-order chi connectivity index (χ1) is 8.24. The standard InChI is InChI=1S/C15H22BrN/c1-3-4-5-7-11(2)13-10-17-15-12(13)8-6-9-14(15)16/h6,8-9,11,13,17H,3-5,7,10H2,1-2H3. The maximum Gasteiger partial charge on any atom is 0.0521 e. The Morgan fingerprint density at radius 2 is 2.24 bits per heavy atom. The van der Waals surface area contributed by atoms with Crippen LogP contribution in [0.2, 0.25) is 0 Å². The first-order valence-corrected chi connectivity index (χ1v) is 7.55. The average Bonchev–Trinajstić information content (AvgIpc) is 2.74. The largest absolute Gasteiger partial charge is 0.383 e. The summed E-state index contributed by atoms with van der Waals surface area (Å²) >= 11 is 3.63. The van der Waals surface area contributed by atoms with Gasteiger partial charge in [0.25, 0.3) is 0 Å². The van der Waals surface area contributed by atoms with Crippen molar-refractivity contribution < 1.29 is 0 Å². The van der Waals surface area contributed by atoms with Crippen molar-refractivity contribution in [1.82, 2.24) is 0 Å². The van der Waals surface area contributed by atoms with Crippen molar-refractivity contribution in [2.45, 2.75) is 45.4 Å². The van der Waals surface area contributed by atoms with Crippen LogP contribution in [0.15, 0.2) is 22.7 Å². The molecule has 17 heavy (non-hydrogen) atoms. The molecule has 2 rings (SSSR count). The molecule has 0 fully saturated rings. The van der Waals surface area contributed by atoms with Gasteiger partial charge in [0.05, 0.1) is 5.69 Å². The third kappa shape index (κ3) is 2.85. The van der Waals surface area contributed by atoms with E-state index in [1.54, 1.807) is 0 Å². The van der Waals surface area contributed by atoms with Crippen LogP contribution in [-0.4, -0.2) is 6.54 Å². The molecule has 1 nitrogen and oxygen atoms in total. The number of unbranched alkanes of at least 4 members (excludes halogenated alkanes) is 2. The first kappa shape index (κ1) is 12.9. The zero-order valence-electron chi connectivity index (χ0n) is 10.8. The fourth-order valence-electron chi connectivity index (χ4n) is 2.78. The van der Waals surface area contributed by atoms with Gasteiger partial charge in [0.2, 0.25) is 0 Å². The summed E-state index contributed by atoms with van der Waals surface area (Å²) < 4.78 is 1.21. The molecule has 1 aliphatic heterocycles. The number of fused-ring (bicyclic) bond motifs is 1. The SMILES string of the molecule is CCCCCC(C)C1CNc2c(Br)cccc21. The van der Waals surface area contributed by atoms with Crippen molar-refractivity contribution in [3.8, 4) is 0 Å². The first-order valence-electron chi connectivity index (χ1n) is 6.76. The van der Waals surface area contributed by atoms with Crippen molar-refractivity contribution >= 4 is 21.6 Å². The zero-order valence-corrected chi connectivity index (χ0v) is 12.4. The number of rotatable bonds is 5. The Labute approximate surface area is 113 Å². The lowest BCUT2D eigenvalue weighted by Crippen LogP contribution is -2.12. The number of benzene rings is 1. The van der Waals surface area contributed by atoms with Crippen LogP contribution >= 0.6 is 15.9 Å². The van der Waals surface area contributed by atoms with Crippen LogP contribution < -0.4 is 5.32 Å². The highest BCUT2D eigenvalue weighted by molar-refractivity contribution is 9.10. The Kier molecular flexibility index (Phi) is 4.49. The third-order valence-corrected chi connectivity index (χ3v) is 4.55. The summed E-state index contributed by atoms with van der Waals surface area (Å²) in [5.41, 5.74) is 2.82. The Morgan fingerprint density at radius 1 is 1.41 bits per heavy atom. The van der Waals surface area contributed by atoms with Gasteiger partial charge in [-0.3, -0.25) is 0 Å². The molecule has 2 heteroatoms. The van der Waals surface area contributed by atoms with Crippen molar-refractivity contribution in [2.75, 3.05) is 11.9 Å². The molecule has 0 spiro atoms. The lowest BCUT2D eigenvalue weighted by Gasteiger charge is -2.19. The fraction of sp³-hybridized carbons (Fsp3) is 0.600. The maximum absolute atomic E-state index is 3.63. The van der Waals surface area contributed by atoms with Crippen molar-refractivity contribution in [2.24, 2.45) is 5.92 Å². The lowest BCUT2D eigenvalue weighted by molar-refractivity contribution is 0.430. The molecule has 2 atom stereocenters. The van der Waals surface area contributed by atoms with E-state index < -0.39 is 0 Å². The average molecular weight is 296 g/mol. The Morgan fingerprint density at radius 3 is 3.00 bits per heavy atom. The van der Waals surface area contributed by atoms with E-state index in [1.807, 2.05) is 0 Å². The van der Waals surface area contributed by atoms with E-state index in [4.69, 9.17) is 0 Å². The molecule has 2 unspecified atom stereocenters. The summed E-state index contributed by atoms with van der Waals surface area (Å²) in [4.78, 5) is 0. The van der Waals surface area contributed by atoms with E-state index in [0.717, 1.165) is 12.5 Å². The van der Waals surface area contributed by atoms with Crippen molar-refractivity contribution in [1.29, 1.82) is 0 Å². The molecule has 1 aromatic carbocycles. The minimum Gasteiger partial charge on any atom is -0.383 e. The number of nitrogens with one attached hydrogen (secondary N) is 1. The second-order valence-electron chi connectivity index (χ2n) is 5.16. The number of hydrogen-bond acceptors (Lipinski definition) is 1. The zero-order chi connectivity index (χ0) is 12.3. The predicted molar refractivity (Wildman–Crippen MR) is 78.7 cm³/mol. The Hall–Kier alpha value is -0.500.